The smallest absolute Gasteiger partial charge is 0.330 e. The van der Waals surface area contributed by atoms with Crippen molar-refractivity contribution in [1.82, 2.24) is 14.5 Å². The molecule has 25 heavy (non-hydrogen) atoms. The van der Waals surface area contributed by atoms with E-state index in [9.17, 15) is 9.59 Å². The van der Waals surface area contributed by atoms with Crippen molar-refractivity contribution in [1.29, 1.82) is 0 Å². The number of ether oxygens (including phenoxy) is 4. The van der Waals surface area contributed by atoms with E-state index in [0.29, 0.717) is 17.2 Å². The van der Waals surface area contributed by atoms with Gasteiger partial charge in [-0.25, -0.2) is 9.78 Å². The van der Waals surface area contributed by atoms with E-state index in [-0.39, 0.29) is 12.7 Å². The van der Waals surface area contributed by atoms with Crippen LogP contribution in [0.1, 0.15) is 6.23 Å². The van der Waals surface area contributed by atoms with Crippen molar-refractivity contribution >= 4 is 11.3 Å². The standard InChI is InChI=1S/C15H17N3O6S/c1-21-6-15-7-23-9(10(15)22-2)13(24-15)18-5-8(11(19)17-14(18)20)12-16-3-4-25-12/h3-5,9-10,13H,6-7H2,1-2H3,(H,17,19,20)/t9-,10+,13-,15+/m1/s1. The summed E-state index contributed by atoms with van der Waals surface area (Å²) in [5.41, 5.74) is -1.55. The molecule has 4 atom stereocenters. The lowest BCUT2D eigenvalue weighted by Crippen LogP contribution is -2.46. The van der Waals surface area contributed by atoms with E-state index >= 15 is 0 Å². The second-order valence-electron chi connectivity index (χ2n) is 5.98. The third-order valence-corrected chi connectivity index (χ3v) is 5.33. The van der Waals surface area contributed by atoms with Crippen LogP contribution in [0.3, 0.4) is 0 Å². The van der Waals surface area contributed by atoms with Gasteiger partial charge in [0.05, 0.1) is 18.8 Å². The molecular weight excluding hydrogens is 350 g/mol. The maximum Gasteiger partial charge on any atom is 0.330 e. The van der Waals surface area contributed by atoms with Gasteiger partial charge in [0.15, 0.2) is 6.23 Å². The molecule has 134 valence electrons. The lowest BCUT2D eigenvalue weighted by molar-refractivity contribution is -0.191. The minimum absolute atomic E-state index is 0.274. The minimum Gasteiger partial charge on any atom is -0.381 e. The van der Waals surface area contributed by atoms with Crippen LogP contribution in [0.2, 0.25) is 0 Å². The number of rotatable bonds is 5. The first kappa shape index (κ1) is 16.6. The lowest BCUT2D eigenvalue weighted by atomic mass is 10.0. The van der Waals surface area contributed by atoms with Crippen LogP contribution < -0.4 is 11.2 Å². The van der Waals surface area contributed by atoms with Gasteiger partial charge >= 0.3 is 5.69 Å². The fourth-order valence-corrected chi connectivity index (χ4v) is 4.14. The number of hydrogen-bond acceptors (Lipinski definition) is 8. The quantitative estimate of drug-likeness (QED) is 0.792. The Hall–Kier alpha value is -1.85. The summed E-state index contributed by atoms with van der Waals surface area (Å²) in [6.45, 7) is 0.591. The molecule has 4 rings (SSSR count). The Balaban J connectivity index is 1.77. The van der Waals surface area contributed by atoms with Gasteiger partial charge < -0.3 is 18.9 Å². The molecule has 2 aliphatic heterocycles. The SMILES string of the molecule is COC[C@@]12CO[C@@H]([C@H](n3cc(-c4nccs4)c(=O)[nH]c3=O)O1)[C@@H]2OC. The molecule has 2 saturated heterocycles. The summed E-state index contributed by atoms with van der Waals surface area (Å²) in [7, 11) is 3.14. The second kappa shape index (κ2) is 6.15. The molecule has 1 N–H and O–H groups in total. The van der Waals surface area contributed by atoms with Gasteiger partial charge in [-0.2, -0.15) is 0 Å². The van der Waals surface area contributed by atoms with E-state index in [0.717, 1.165) is 0 Å². The van der Waals surface area contributed by atoms with Crippen molar-refractivity contribution in [2.75, 3.05) is 27.4 Å². The fraction of sp³-hybridized carbons (Fsp3) is 0.533. The van der Waals surface area contributed by atoms with Crippen LogP contribution in [0.15, 0.2) is 27.4 Å². The average molecular weight is 367 g/mol. The van der Waals surface area contributed by atoms with Crippen LogP contribution in [-0.2, 0) is 18.9 Å². The highest BCUT2D eigenvalue weighted by Gasteiger charge is 2.63. The van der Waals surface area contributed by atoms with Crippen LogP contribution >= 0.6 is 11.3 Å². The zero-order valence-electron chi connectivity index (χ0n) is 13.6. The summed E-state index contributed by atoms with van der Waals surface area (Å²) < 4.78 is 24.0. The maximum absolute atomic E-state index is 12.4. The first-order chi connectivity index (χ1) is 12.1. The molecule has 2 fully saturated rings. The Morgan fingerprint density at radius 3 is 3.00 bits per heavy atom. The van der Waals surface area contributed by atoms with Gasteiger partial charge in [-0.1, -0.05) is 0 Å². The van der Waals surface area contributed by atoms with E-state index in [1.807, 2.05) is 0 Å². The number of hydrogen-bond donors (Lipinski definition) is 1. The van der Waals surface area contributed by atoms with E-state index in [1.165, 1.54) is 22.1 Å². The van der Waals surface area contributed by atoms with Crippen molar-refractivity contribution in [3.8, 4) is 10.6 Å². The van der Waals surface area contributed by atoms with E-state index < -0.39 is 29.2 Å². The number of aromatic amines is 1. The van der Waals surface area contributed by atoms with Gasteiger partial charge in [-0.05, 0) is 0 Å². The molecule has 0 radical (unpaired) electrons. The molecule has 0 unspecified atom stereocenters. The summed E-state index contributed by atoms with van der Waals surface area (Å²) in [4.78, 5) is 31.0. The van der Waals surface area contributed by atoms with Gasteiger partial charge in [0.25, 0.3) is 5.56 Å². The second-order valence-corrected chi connectivity index (χ2v) is 6.88. The number of nitrogens with zero attached hydrogens (tertiary/aromatic N) is 2. The topological polar surface area (TPSA) is 105 Å². The molecule has 0 aromatic carbocycles. The van der Waals surface area contributed by atoms with Gasteiger partial charge in [-0.15, -0.1) is 11.3 Å². The highest BCUT2D eigenvalue weighted by molar-refractivity contribution is 7.13. The van der Waals surface area contributed by atoms with Gasteiger partial charge in [0.2, 0.25) is 0 Å². The monoisotopic (exact) mass is 367 g/mol. The molecule has 10 heteroatoms. The normalized spacial score (nSPS) is 30.9. The third kappa shape index (κ3) is 2.49. The highest BCUT2D eigenvalue weighted by atomic mass is 32.1. The Bertz CT molecular complexity index is 878. The Morgan fingerprint density at radius 2 is 2.32 bits per heavy atom. The number of thiazole rings is 1. The zero-order valence-corrected chi connectivity index (χ0v) is 14.4. The highest BCUT2D eigenvalue weighted by Crippen LogP contribution is 2.46. The molecule has 0 spiro atoms. The molecule has 2 aromatic heterocycles. The van der Waals surface area contributed by atoms with Gasteiger partial charge in [0, 0.05) is 32.0 Å². The third-order valence-electron chi connectivity index (χ3n) is 4.52. The van der Waals surface area contributed by atoms with Crippen molar-refractivity contribution in [2.45, 2.75) is 24.0 Å². The average Bonchev–Trinajstić information content (AvgIpc) is 3.28. The Labute approximate surface area is 146 Å². The fourth-order valence-electron chi connectivity index (χ4n) is 3.50. The van der Waals surface area contributed by atoms with Crippen LogP contribution in [-0.4, -0.2) is 59.8 Å². The summed E-state index contributed by atoms with van der Waals surface area (Å²) >= 11 is 1.31. The number of fused-ring (bicyclic) bond motifs is 2. The van der Waals surface area contributed by atoms with Crippen molar-refractivity contribution in [3.63, 3.8) is 0 Å². The van der Waals surface area contributed by atoms with Crippen molar-refractivity contribution in [2.24, 2.45) is 0 Å². The largest absolute Gasteiger partial charge is 0.381 e. The predicted octanol–water partition coefficient (Wildman–Crippen LogP) is -0.0121. The summed E-state index contributed by atoms with van der Waals surface area (Å²) in [6, 6.07) is 0. The van der Waals surface area contributed by atoms with Crippen molar-refractivity contribution in [3.05, 3.63) is 38.6 Å². The van der Waals surface area contributed by atoms with Crippen LogP contribution in [0.5, 0.6) is 0 Å². The Morgan fingerprint density at radius 1 is 1.48 bits per heavy atom. The Kier molecular flexibility index (Phi) is 4.08. The van der Waals surface area contributed by atoms with Crippen LogP contribution in [0.4, 0.5) is 0 Å². The molecule has 0 saturated carbocycles. The number of aromatic nitrogens is 3. The summed E-state index contributed by atoms with van der Waals surface area (Å²) in [6.07, 6.45) is 1.48. The van der Waals surface area contributed by atoms with Crippen LogP contribution in [0.25, 0.3) is 10.6 Å². The van der Waals surface area contributed by atoms with Crippen LogP contribution in [0, 0.1) is 0 Å². The van der Waals surface area contributed by atoms with E-state index in [1.54, 1.807) is 25.8 Å². The maximum atomic E-state index is 12.4. The van der Waals surface area contributed by atoms with E-state index in [4.69, 9.17) is 18.9 Å². The summed E-state index contributed by atoms with van der Waals surface area (Å²) in [5.74, 6) is 0. The lowest BCUT2D eigenvalue weighted by Gasteiger charge is -2.30. The van der Waals surface area contributed by atoms with Crippen molar-refractivity contribution < 1.29 is 18.9 Å². The predicted molar refractivity (Wildman–Crippen MR) is 87.7 cm³/mol. The molecule has 4 heterocycles. The summed E-state index contributed by atoms with van der Waals surface area (Å²) in [5, 5.41) is 2.28. The molecule has 9 nitrogen and oxygen atoms in total. The first-order valence-electron chi connectivity index (χ1n) is 7.66. The number of H-pyrrole nitrogens is 1. The molecule has 2 aromatic rings. The molecular formula is C15H17N3O6S. The molecule has 0 amide bonds. The molecule has 0 aliphatic carbocycles. The first-order valence-corrected chi connectivity index (χ1v) is 8.54. The number of nitrogens with one attached hydrogen (secondary N) is 1. The zero-order chi connectivity index (χ0) is 17.6. The minimum atomic E-state index is -0.782. The molecule has 2 aliphatic rings. The van der Waals surface area contributed by atoms with E-state index in [2.05, 4.69) is 9.97 Å². The number of methoxy groups -OCH3 is 2. The van der Waals surface area contributed by atoms with Gasteiger partial charge in [0.1, 0.15) is 22.8 Å². The molecule has 2 bridgehead atoms. The van der Waals surface area contributed by atoms with Gasteiger partial charge in [-0.3, -0.25) is 14.3 Å².